The lowest BCUT2D eigenvalue weighted by atomic mass is 9.77. The Balaban J connectivity index is 0.000000152. The van der Waals surface area contributed by atoms with Gasteiger partial charge in [-0.2, -0.15) is 15.8 Å². The van der Waals surface area contributed by atoms with Crippen LogP contribution >= 0.6 is 0 Å². The Morgan fingerprint density at radius 1 is 0.402 bits per heavy atom. The largest absolute Gasteiger partial charge is 0.381 e. The van der Waals surface area contributed by atoms with E-state index in [-0.39, 0.29) is 72.7 Å². The summed E-state index contributed by atoms with van der Waals surface area (Å²) in [6.45, 7) is 3.75. The van der Waals surface area contributed by atoms with Crippen molar-refractivity contribution in [2.24, 2.45) is 17.8 Å². The highest BCUT2D eigenvalue weighted by atomic mass is 16.5. The van der Waals surface area contributed by atoms with E-state index in [1.54, 1.807) is 54.2 Å². The van der Waals surface area contributed by atoms with Crippen LogP contribution in [-0.4, -0.2) is 218 Å². The molecule has 1 unspecified atom stereocenters. The molecule has 3 aliphatic carbocycles. The average Bonchev–Trinajstić information content (AvgIpc) is 1.18. The standard InChI is InChI=1S/3C28H32N6O5/c3*1-38-23-6-5-17(23)10-19-12-25(30-14-21(19)13-29)32-28(37)34-8-3-4-18-11-20(22(16-35)31-26(18)34)15-33-9-7-24(39-2)27(33)36/h3*11-12,14,16-17,23-24H,3-10,15H2,1-2H3,(H,30,32,37)/t17-,23+,24?;17-,23+,24+;17-,23+,24-/m001/s1. The highest BCUT2D eigenvalue weighted by Crippen LogP contribution is 2.39. The fourth-order valence-electron chi connectivity index (χ4n) is 17.0. The average molecular weight is 1600 g/mol. The summed E-state index contributed by atoms with van der Waals surface area (Å²) in [5.41, 5.74) is 9.02. The number of fused-ring (bicyclic) bond motifs is 3. The minimum Gasteiger partial charge on any atom is -0.381 e. The molecule has 9 amide bonds. The number of nitrogens with zero attached hydrogens (tertiary/aromatic N) is 15. The topological polar surface area (TPSA) is 413 Å². The molecule has 6 aliphatic heterocycles. The molecule has 3 saturated carbocycles. The summed E-state index contributed by atoms with van der Waals surface area (Å²) in [4.78, 5) is 150. The Morgan fingerprint density at radius 2 is 0.684 bits per heavy atom. The van der Waals surface area contributed by atoms with Crippen molar-refractivity contribution in [1.82, 2.24) is 44.6 Å². The van der Waals surface area contributed by atoms with Crippen LogP contribution in [0.1, 0.15) is 175 Å². The lowest BCUT2D eigenvalue weighted by Gasteiger charge is -2.35. The van der Waals surface area contributed by atoms with Gasteiger partial charge in [0, 0.05) is 156 Å². The van der Waals surface area contributed by atoms with Crippen LogP contribution < -0.4 is 30.7 Å². The number of amides is 9. The monoisotopic (exact) mass is 1600 g/mol. The zero-order valence-electron chi connectivity index (χ0n) is 66.5. The molecule has 0 spiro atoms. The zero-order chi connectivity index (χ0) is 82.6. The minimum absolute atomic E-state index is 0.0996. The third kappa shape index (κ3) is 18.5. The molecular formula is C84H96N18O15. The molecule has 9 atom stereocenters. The number of ether oxygens (including phenoxy) is 6. The smallest absolute Gasteiger partial charge is 0.328 e. The van der Waals surface area contributed by atoms with Crippen molar-refractivity contribution in [3.63, 3.8) is 0 Å². The van der Waals surface area contributed by atoms with Crippen LogP contribution in [0.4, 0.5) is 49.3 Å². The molecule has 33 nitrogen and oxygen atoms in total. The number of urea groups is 3. The Morgan fingerprint density at radius 3 is 0.906 bits per heavy atom. The zero-order valence-corrected chi connectivity index (χ0v) is 66.5. The summed E-state index contributed by atoms with van der Waals surface area (Å²) >= 11 is 0. The van der Waals surface area contributed by atoms with Crippen molar-refractivity contribution in [3.05, 3.63) is 139 Å². The fraction of sp³-hybridized carbons (Fsp3) is 0.500. The number of carbonyl (C=O) groups is 9. The van der Waals surface area contributed by atoms with Gasteiger partial charge < -0.3 is 43.1 Å². The number of pyridine rings is 6. The van der Waals surface area contributed by atoms with E-state index in [1.165, 1.54) is 54.6 Å². The van der Waals surface area contributed by atoms with Gasteiger partial charge in [-0.25, -0.2) is 44.3 Å². The van der Waals surface area contributed by atoms with Crippen molar-refractivity contribution in [2.75, 3.05) is 113 Å². The molecule has 6 fully saturated rings. The van der Waals surface area contributed by atoms with Gasteiger partial charge in [-0.15, -0.1) is 0 Å². The van der Waals surface area contributed by atoms with Crippen molar-refractivity contribution in [3.8, 4) is 18.2 Å². The molecule has 6 aromatic rings. The lowest BCUT2D eigenvalue weighted by Crippen LogP contribution is -2.40. The summed E-state index contributed by atoms with van der Waals surface area (Å²) < 4.78 is 32.2. The molecule has 9 aliphatic rings. The van der Waals surface area contributed by atoms with Crippen LogP contribution in [0.2, 0.25) is 0 Å². The molecule has 3 N–H and O–H groups in total. The Labute approximate surface area is 677 Å². The molecular weight excluding hydrogens is 1500 g/mol. The van der Waals surface area contributed by atoms with Crippen LogP contribution in [0.5, 0.6) is 0 Å². The summed E-state index contributed by atoms with van der Waals surface area (Å²) in [6.07, 6.45) is 19.9. The quantitative estimate of drug-likeness (QED) is 0.0477. The predicted molar refractivity (Wildman–Crippen MR) is 424 cm³/mol. The van der Waals surface area contributed by atoms with Gasteiger partial charge in [0.25, 0.3) is 17.7 Å². The van der Waals surface area contributed by atoms with Gasteiger partial charge in [0.1, 0.15) is 88.5 Å². The first-order chi connectivity index (χ1) is 56.8. The Bertz CT molecular complexity index is 4440. The van der Waals surface area contributed by atoms with E-state index in [0.29, 0.717) is 202 Å². The first kappa shape index (κ1) is 83.3. The summed E-state index contributed by atoms with van der Waals surface area (Å²) in [5.74, 6) is 3.03. The van der Waals surface area contributed by atoms with Gasteiger partial charge in [-0.3, -0.25) is 59.4 Å². The van der Waals surface area contributed by atoms with Gasteiger partial charge in [-0.05, 0) is 184 Å². The molecule has 0 bridgehead atoms. The van der Waals surface area contributed by atoms with Crippen LogP contribution in [0.15, 0.2) is 55.0 Å². The number of nitrogens with one attached hydrogen (secondary N) is 3. The van der Waals surface area contributed by atoms with Gasteiger partial charge in [0.05, 0.1) is 35.0 Å². The molecule has 6 aromatic heterocycles. The number of aryl methyl sites for hydroxylation is 3. The lowest BCUT2D eigenvalue weighted by molar-refractivity contribution is -0.137. The maximum atomic E-state index is 13.4. The van der Waals surface area contributed by atoms with E-state index >= 15 is 0 Å². The number of aromatic nitrogens is 6. The molecule has 117 heavy (non-hydrogen) atoms. The molecule has 12 heterocycles. The van der Waals surface area contributed by atoms with E-state index in [4.69, 9.17) is 28.4 Å². The highest BCUT2D eigenvalue weighted by molar-refractivity contribution is 6.04. The highest BCUT2D eigenvalue weighted by Gasteiger charge is 2.40. The van der Waals surface area contributed by atoms with Crippen molar-refractivity contribution in [2.45, 2.75) is 172 Å². The van der Waals surface area contributed by atoms with Crippen LogP contribution in [0.3, 0.4) is 0 Å². The maximum Gasteiger partial charge on any atom is 0.328 e. The number of hydrogen-bond donors (Lipinski definition) is 3. The second kappa shape index (κ2) is 38.0. The van der Waals surface area contributed by atoms with E-state index in [2.05, 4.69) is 64.1 Å². The number of likely N-dealkylation sites (tertiary alicyclic amines) is 3. The minimum atomic E-state index is -0.457. The van der Waals surface area contributed by atoms with Crippen LogP contribution in [-0.2, 0) is 101 Å². The van der Waals surface area contributed by atoms with E-state index < -0.39 is 36.4 Å². The first-order valence-corrected chi connectivity index (χ1v) is 39.8. The van der Waals surface area contributed by atoms with Crippen molar-refractivity contribution < 1.29 is 71.6 Å². The normalized spacial score (nSPS) is 22.2. The third-order valence-corrected chi connectivity index (χ3v) is 24.0. The second-order valence-corrected chi connectivity index (χ2v) is 30.7. The van der Waals surface area contributed by atoms with Crippen LogP contribution in [0, 0.1) is 51.7 Å². The number of rotatable bonds is 24. The van der Waals surface area contributed by atoms with Crippen LogP contribution in [0.25, 0.3) is 0 Å². The van der Waals surface area contributed by atoms with E-state index in [9.17, 15) is 58.9 Å². The second-order valence-electron chi connectivity index (χ2n) is 30.7. The van der Waals surface area contributed by atoms with Crippen molar-refractivity contribution >= 4 is 89.6 Å². The van der Waals surface area contributed by atoms with Gasteiger partial charge in [-0.1, -0.05) is 0 Å². The first-order valence-electron chi connectivity index (χ1n) is 39.8. The van der Waals surface area contributed by atoms with Gasteiger partial charge in [0.2, 0.25) is 0 Å². The SMILES string of the molecule is COC1CCN(Cc2cc3c(nc2C=O)N(C(=O)Nc2cc(C[C@@H]4CC[C@H]4OC)c(C#N)cn2)CCC3)C1=O.CO[C@@H]1CCN(Cc2cc3c(nc2C=O)N(C(=O)Nc2cc(C[C@@H]4CC[C@H]4OC)c(C#N)cn2)CCC3)C1=O.CO[C@H]1CC[C@@H]1Cc1cc(NC(=O)N2CCCc3cc(CN4CC[C@@H](OC)C4=O)c(C=O)nc32)ncc1C#N. The number of methoxy groups -OCH3 is 6. The number of hydrogen-bond acceptors (Lipinski definition) is 24. The number of nitriles is 3. The Kier molecular flexibility index (Phi) is 27.0. The fourth-order valence-corrected chi connectivity index (χ4v) is 17.0. The third-order valence-electron chi connectivity index (χ3n) is 24.0. The van der Waals surface area contributed by atoms with E-state index in [1.807, 2.05) is 18.2 Å². The molecule has 33 heteroatoms. The molecule has 0 radical (unpaired) electrons. The molecule has 0 aromatic carbocycles. The molecule has 612 valence electrons. The Hall–Kier alpha value is -11.6. The molecule has 3 saturated heterocycles. The van der Waals surface area contributed by atoms with E-state index in [0.717, 1.165) is 91.2 Å². The number of carbonyl (C=O) groups excluding carboxylic acids is 9. The maximum absolute atomic E-state index is 13.4. The molecule has 15 rings (SSSR count). The predicted octanol–water partition coefficient (Wildman–Crippen LogP) is 8.58. The number of aldehydes is 3. The van der Waals surface area contributed by atoms with Gasteiger partial charge >= 0.3 is 18.1 Å². The summed E-state index contributed by atoms with van der Waals surface area (Å²) in [7, 11) is 9.65. The van der Waals surface area contributed by atoms with Crippen molar-refractivity contribution in [1.29, 1.82) is 15.8 Å². The number of anilines is 6. The summed E-state index contributed by atoms with van der Waals surface area (Å²) in [6, 6.07) is 16.2. The summed E-state index contributed by atoms with van der Waals surface area (Å²) in [5, 5.41) is 37.2. The van der Waals surface area contributed by atoms with Gasteiger partial charge in [0.15, 0.2) is 18.9 Å².